The molecular formula is C22H24N2O4. The average Bonchev–Trinajstić information content (AvgIpc) is 3.14. The molecule has 0 aromatic heterocycles. The number of aliphatic hydroxyl groups excluding tert-OH is 1. The highest BCUT2D eigenvalue weighted by atomic mass is 16.5. The van der Waals surface area contributed by atoms with Crippen LogP contribution in [0.15, 0.2) is 34.8 Å². The number of aliphatic hydroxyl groups is 1. The molecular weight excluding hydrogens is 356 g/mol. The van der Waals surface area contributed by atoms with Crippen LogP contribution in [0.5, 0.6) is 5.75 Å². The number of aliphatic imine (C=N–C) groups is 1. The summed E-state index contributed by atoms with van der Waals surface area (Å²) in [5.41, 5.74) is 3.79. The Balaban J connectivity index is 1.61. The molecule has 1 spiro atoms. The number of ether oxygens (including phenoxy) is 2. The zero-order chi connectivity index (χ0) is 19.4. The number of rotatable bonds is 2. The minimum atomic E-state index is -0.565. The standard InChI is InChI=1S/C22H24N2O4/c1-4-12-13-8-16-19-22(14-7-11(27-3)5-6-15(14)23-19)9-17(24(16)21(12)26)18(13)20(22)28-10(2)25/h4-7,13,16-18,20-21,26H,8-9H2,1-3H3/t13-,16-,17-,18-,20-,21+,22+/m0/s1. The van der Waals surface area contributed by atoms with Gasteiger partial charge in [-0.05, 0) is 55.0 Å². The second-order valence-corrected chi connectivity index (χ2v) is 8.70. The predicted molar refractivity (Wildman–Crippen MR) is 103 cm³/mol. The average molecular weight is 380 g/mol. The third-order valence-corrected chi connectivity index (χ3v) is 7.83. The Kier molecular flexibility index (Phi) is 3.14. The quantitative estimate of drug-likeness (QED) is 0.630. The lowest BCUT2D eigenvalue weighted by atomic mass is 9.66. The van der Waals surface area contributed by atoms with E-state index >= 15 is 0 Å². The van der Waals surface area contributed by atoms with Gasteiger partial charge in [-0.15, -0.1) is 0 Å². The van der Waals surface area contributed by atoms with Crippen molar-refractivity contribution in [2.75, 3.05) is 7.11 Å². The van der Waals surface area contributed by atoms with Gasteiger partial charge in [-0.2, -0.15) is 0 Å². The van der Waals surface area contributed by atoms with Crippen LogP contribution < -0.4 is 4.74 Å². The number of esters is 1. The molecule has 0 amide bonds. The van der Waals surface area contributed by atoms with E-state index in [4.69, 9.17) is 14.5 Å². The van der Waals surface area contributed by atoms with Gasteiger partial charge in [0.2, 0.25) is 0 Å². The molecule has 1 aromatic carbocycles. The number of carbonyl (C=O) groups excluding carboxylic acids is 1. The SMILES string of the molecule is CC=C1[C@@H](O)N2[C@H]3C[C@@H]1[C@H]1[C@@H]2C[C@@]2(C3=Nc3ccc(OC)cc32)[C@H]1OC(C)=O. The van der Waals surface area contributed by atoms with Gasteiger partial charge in [0.25, 0.3) is 0 Å². The van der Waals surface area contributed by atoms with E-state index in [2.05, 4.69) is 11.0 Å². The highest BCUT2D eigenvalue weighted by Gasteiger charge is 2.75. The van der Waals surface area contributed by atoms with E-state index in [1.807, 2.05) is 25.1 Å². The third-order valence-electron chi connectivity index (χ3n) is 7.83. The Hall–Kier alpha value is -2.18. The molecule has 5 aliphatic heterocycles. The van der Waals surface area contributed by atoms with E-state index in [0.29, 0.717) is 0 Å². The lowest BCUT2D eigenvalue weighted by molar-refractivity contribution is -0.156. The van der Waals surface area contributed by atoms with Crippen molar-refractivity contribution in [2.24, 2.45) is 16.8 Å². The lowest BCUT2D eigenvalue weighted by Gasteiger charge is -2.58. The van der Waals surface area contributed by atoms with Crippen LogP contribution in [0.3, 0.4) is 0 Å². The zero-order valence-corrected chi connectivity index (χ0v) is 16.3. The van der Waals surface area contributed by atoms with Crippen molar-refractivity contribution in [3.63, 3.8) is 0 Å². The van der Waals surface area contributed by atoms with Crippen molar-refractivity contribution in [1.82, 2.24) is 4.90 Å². The molecule has 6 nitrogen and oxygen atoms in total. The summed E-state index contributed by atoms with van der Waals surface area (Å²) in [5, 5.41) is 11.1. The molecule has 1 aliphatic carbocycles. The molecule has 5 fully saturated rings. The molecule has 0 radical (unpaired) electrons. The van der Waals surface area contributed by atoms with Crippen molar-refractivity contribution >= 4 is 17.4 Å². The van der Waals surface area contributed by atoms with E-state index in [1.165, 1.54) is 6.92 Å². The molecule has 5 heterocycles. The summed E-state index contributed by atoms with van der Waals surface area (Å²) < 4.78 is 11.6. The molecule has 1 aromatic rings. The van der Waals surface area contributed by atoms with Crippen LogP contribution in [0, 0.1) is 11.8 Å². The fraction of sp³-hybridized carbons (Fsp3) is 0.545. The first-order valence-electron chi connectivity index (χ1n) is 10.1. The second-order valence-electron chi connectivity index (χ2n) is 8.70. The van der Waals surface area contributed by atoms with Crippen LogP contribution in [-0.4, -0.2) is 53.2 Å². The maximum Gasteiger partial charge on any atom is 0.302 e. The number of fused-ring (bicyclic) bond motifs is 2. The highest BCUT2D eigenvalue weighted by Crippen LogP contribution is 2.67. The Morgan fingerprint density at radius 2 is 2.25 bits per heavy atom. The third kappa shape index (κ3) is 1.68. The minimum absolute atomic E-state index is 0.0950. The number of hydrogen-bond donors (Lipinski definition) is 1. The molecule has 1 unspecified atom stereocenters. The molecule has 4 saturated heterocycles. The summed E-state index contributed by atoms with van der Waals surface area (Å²) in [6, 6.07) is 6.29. The van der Waals surface area contributed by atoms with Crippen LogP contribution in [-0.2, 0) is 14.9 Å². The van der Waals surface area contributed by atoms with Crippen LogP contribution in [0.2, 0.25) is 0 Å². The molecule has 28 heavy (non-hydrogen) atoms. The van der Waals surface area contributed by atoms with Gasteiger partial charge in [-0.3, -0.25) is 14.7 Å². The highest BCUT2D eigenvalue weighted by molar-refractivity contribution is 6.08. The van der Waals surface area contributed by atoms with Gasteiger partial charge in [0.1, 0.15) is 18.1 Å². The van der Waals surface area contributed by atoms with Crippen LogP contribution in [0.1, 0.15) is 32.3 Å². The molecule has 1 N–H and O–H groups in total. The maximum atomic E-state index is 12.1. The summed E-state index contributed by atoms with van der Waals surface area (Å²) in [7, 11) is 1.67. The Morgan fingerprint density at radius 3 is 2.96 bits per heavy atom. The summed E-state index contributed by atoms with van der Waals surface area (Å²) >= 11 is 0. The van der Waals surface area contributed by atoms with Crippen molar-refractivity contribution in [3.8, 4) is 5.75 Å². The Bertz CT molecular complexity index is 969. The van der Waals surface area contributed by atoms with Gasteiger partial charge >= 0.3 is 5.97 Å². The van der Waals surface area contributed by atoms with Crippen molar-refractivity contribution in [2.45, 2.75) is 56.5 Å². The molecule has 1 saturated carbocycles. The van der Waals surface area contributed by atoms with E-state index < -0.39 is 11.6 Å². The molecule has 6 heteroatoms. The van der Waals surface area contributed by atoms with E-state index in [9.17, 15) is 9.90 Å². The fourth-order valence-corrected chi connectivity index (χ4v) is 7.04. The first-order valence-corrected chi connectivity index (χ1v) is 10.1. The molecule has 6 aliphatic rings. The number of carbonyl (C=O) groups is 1. The summed E-state index contributed by atoms with van der Waals surface area (Å²) in [5.74, 6) is 0.954. The van der Waals surface area contributed by atoms with Crippen LogP contribution in [0.25, 0.3) is 0 Å². The second kappa shape index (κ2) is 5.24. The normalized spacial score (nSPS) is 45.1. The van der Waals surface area contributed by atoms with Crippen molar-refractivity contribution < 1.29 is 19.4 Å². The Labute approximate surface area is 163 Å². The van der Waals surface area contributed by atoms with Crippen LogP contribution in [0.4, 0.5) is 5.69 Å². The number of nitrogens with zero attached hydrogens (tertiary/aromatic N) is 2. The number of hydrogen-bond acceptors (Lipinski definition) is 6. The van der Waals surface area contributed by atoms with Gasteiger partial charge in [-0.1, -0.05) is 6.08 Å². The first kappa shape index (κ1) is 16.7. The van der Waals surface area contributed by atoms with Crippen molar-refractivity contribution in [3.05, 3.63) is 35.4 Å². The maximum absolute atomic E-state index is 12.1. The van der Waals surface area contributed by atoms with Crippen LogP contribution >= 0.6 is 0 Å². The summed E-state index contributed by atoms with van der Waals surface area (Å²) in [4.78, 5) is 19.4. The van der Waals surface area contributed by atoms with Gasteiger partial charge in [-0.25, -0.2) is 0 Å². The molecule has 8 atom stereocenters. The predicted octanol–water partition coefficient (Wildman–Crippen LogP) is 2.32. The topological polar surface area (TPSA) is 71.4 Å². The summed E-state index contributed by atoms with van der Waals surface area (Å²) in [6.45, 7) is 3.49. The smallest absolute Gasteiger partial charge is 0.302 e. The first-order chi connectivity index (χ1) is 13.5. The van der Waals surface area contributed by atoms with Gasteiger partial charge in [0, 0.05) is 18.9 Å². The van der Waals surface area contributed by atoms with Crippen molar-refractivity contribution in [1.29, 1.82) is 0 Å². The van der Waals surface area contributed by atoms with Gasteiger partial charge in [0.15, 0.2) is 0 Å². The summed E-state index contributed by atoms with van der Waals surface area (Å²) in [6.07, 6.45) is 2.98. The molecule has 5 bridgehead atoms. The fourth-order valence-electron chi connectivity index (χ4n) is 7.04. The van der Waals surface area contributed by atoms with Gasteiger partial charge < -0.3 is 14.6 Å². The largest absolute Gasteiger partial charge is 0.497 e. The number of piperidine rings is 4. The number of allylic oxidation sites excluding steroid dienone is 1. The lowest BCUT2D eigenvalue weighted by Crippen LogP contribution is -2.68. The monoisotopic (exact) mass is 380 g/mol. The minimum Gasteiger partial charge on any atom is -0.497 e. The number of methoxy groups -OCH3 is 1. The van der Waals surface area contributed by atoms with E-state index in [1.54, 1.807) is 7.11 Å². The van der Waals surface area contributed by atoms with E-state index in [-0.39, 0.29) is 36.0 Å². The van der Waals surface area contributed by atoms with E-state index in [0.717, 1.165) is 41.1 Å². The zero-order valence-electron chi connectivity index (χ0n) is 16.3. The number of benzene rings is 1. The molecule has 7 rings (SSSR count). The molecule has 146 valence electrons. The van der Waals surface area contributed by atoms with Gasteiger partial charge in [0.05, 0.1) is 30.0 Å². The Morgan fingerprint density at radius 1 is 1.43 bits per heavy atom.